The zero-order chi connectivity index (χ0) is 20.5. The first-order valence-corrected chi connectivity index (χ1v) is 10.8. The molecular weight excluding hydrogens is 408 g/mol. The predicted molar refractivity (Wildman–Crippen MR) is 117 cm³/mol. The van der Waals surface area contributed by atoms with Crippen molar-refractivity contribution in [2.24, 2.45) is 0 Å². The van der Waals surface area contributed by atoms with Crippen molar-refractivity contribution in [3.63, 3.8) is 0 Å². The van der Waals surface area contributed by atoms with Crippen molar-refractivity contribution in [1.82, 2.24) is 14.8 Å². The van der Waals surface area contributed by atoms with E-state index in [0.717, 1.165) is 21.5 Å². The van der Waals surface area contributed by atoms with Gasteiger partial charge in [0.25, 0.3) is 0 Å². The number of carbonyl (C=O) groups is 1. The number of hydrogen-bond donors (Lipinski definition) is 1. The summed E-state index contributed by atoms with van der Waals surface area (Å²) in [5.74, 6) is 1.84. The molecule has 29 heavy (non-hydrogen) atoms. The Morgan fingerprint density at radius 3 is 2.66 bits per heavy atom. The summed E-state index contributed by atoms with van der Waals surface area (Å²) in [6.45, 7) is 3.13. The van der Waals surface area contributed by atoms with Gasteiger partial charge >= 0.3 is 0 Å². The molecule has 0 atom stereocenters. The van der Waals surface area contributed by atoms with Crippen molar-refractivity contribution in [1.29, 1.82) is 0 Å². The lowest BCUT2D eigenvalue weighted by Gasteiger charge is -2.09. The SMILES string of the molecule is CCn1c(NC(=O)CCCOc2ccccc2)nnc1SCc1ccccc1Cl. The molecule has 0 aliphatic carbocycles. The Kier molecular flexibility index (Phi) is 7.95. The van der Waals surface area contributed by atoms with E-state index in [4.69, 9.17) is 16.3 Å². The number of thioether (sulfide) groups is 1. The Balaban J connectivity index is 1.49. The average Bonchev–Trinajstić information content (AvgIpc) is 3.12. The van der Waals surface area contributed by atoms with E-state index in [9.17, 15) is 4.79 Å². The molecule has 1 heterocycles. The van der Waals surface area contributed by atoms with Gasteiger partial charge in [0.05, 0.1) is 6.61 Å². The fourth-order valence-electron chi connectivity index (χ4n) is 2.66. The van der Waals surface area contributed by atoms with Crippen LogP contribution in [0.15, 0.2) is 59.8 Å². The van der Waals surface area contributed by atoms with E-state index in [1.807, 2.05) is 66.1 Å². The van der Waals surface area contributed by atoms with Gasteiger partial charge in [0.15, 0.2) is 5.16 Å². The zero-order valence-electron chi connectivity index (χ0n) is 16.2. The minimum absolute atomic E-state index is 0.105. The van der Waals surface area contributed by atoms with E-state index in [0.29, 0.717) is 37.7 Å². The number of nitrogens with one attached hydrogen (secondary N) is 1. The number of anilines is 1. The van der Waals surface area contributed by atoms with Crippen LogP contribution in [0.3, 0.4) is 0 Å². The quantitative estimate of drug-likeness (QED) is 0.360. The summed E-state index contributed by atoms with van der Waals surface area (Å²) in [7, 11) is 0. The molecule has 152 valence electrons. The first kappa shape index (κ1) is 21.2. The number of para-hydroxylation sites is 1. The molecule has 0 aliphatic heterocycles. The third-order valence-electron chi connectivity index (χ3n) is 4.16. The van der Waals surface area contributed by atoms with Crippen LogP contribution in [0.4, 0.5) is 5.95 Å². The molecule has 2 aromatic carbocycles. The van der Waals surface area contributed by atoms with Gasteiger partial charge in [-0.05, 0) is 37.1 Å². The van der Waals surface area contributed by atoms with Gasteiger partial charge in [-0.25, -0.2) is 0 Å². The van der Waals surface area contributed by atoms with Crippen molar-refractivity contribution in [3.05, 3.63) is 65.2 Å². The number of amides is 1. The molecule has 1 N–H and O–H groups in total. The molecule has 0 saturated heterocycles. The number of benzene rings is 2. The van der Waals surface area contributed by atoms with E-state index in [-0.39, 0.29) is 5.91 Å². The lowest BCUT2D eigenvalue weighted by Crippen LogP contribution is -2.16. The highest BCUT2D eigenvalue weighted by atomic mass is 35.5. The molecule has 0 radical (unpaired) electrons. The third-order valence-corrected chi connectivity index (χ3v) is 5.54. The first-order valence-electron chi connectivity index (χ1n) is 9.44. The van der Waals surface area contributed by atoms with Crippen molar-refractivity contribution < 1.29 is 9.53 Å². The fourth-order valence-corrected chi connectivity index (χ4v) is 3.95. The minimum Gasteiger partial charge on any atom is -0.494 e. The molecule has 1 amide bonds. The summed E-state index contributed by atoms with van der Waals surface area (Å²) >= 11 is 7.75. The second-order valence-corrected chi connectivity index (χ2v) is 7.59. The summed E-state index contributed by atoms with van der Waals surface area (Å²) in [5.41, 5.74) is 1.04. The van der Waals surface area contributed by atoms with Crippen molar-refractivity contribution >= 4 is 35.2 Å². The van der Waals surface area contributed by atoms with E-state index < -0.39 is 0 Å². The Hall–Kier alpha value is -2.51. The second-order valence-electron chi connectivity index (χ2n) is 6.24. The van der Waals surface area contributed by atoms with Crippen LogP contribution in [0.25, 0.3) is 0 Å². The number of carbonyl (C=O) groups excluding carboxylic acids is 1. The highest BCUT2D eigenvalue weighted by Crippen LogP contribution is 2.27. The normalized spacial score (nSPS) is 10.7. The molecule has 0 saturated carbocycles. The molecular formula is C21H23ClN4O2S. The molecule has 0 unspecified atom stereocenters. The summed E-state index contributed by atoms with van der Waals surface area (Å²) < 4.78 is 7.50. The van der Waals surface area contributed by atoms with Crippen LogP contribution < -0.4 is 10.1 Å². The molecule has 6 nitrogen and oxygen atoms in total. The maximum Gasteiger partial charge on any atom is 0.231 e. The lowest BCUT2D eigenvalue weighted by molar-refractivity contribution is -0.116. The smallest absolute Gasteiger partial charge is 0.231 e. The Morgan fingerprint density at radius 1 is 1.14 bits per heavy atom. The van der Waals surface area contributed by atoms with Gasteiger partial charge in [-0.1, -0.05) is 59.8 Å². The lowest BCUT2D eigenvalue weighted by atomic mass is 10.2. The van der Waals surface area contributed by atoms with Gasteiger partial charge in [-0.15, -0.1) is 10.2 Å². The Labute approximate surface area is 179 Å². The molecule has 1 aromatic heterocycles. The van der Waals surface area contributed by atoms with Crippen LogP contribution in [0.1, 0.15) is 25.3 Å². The maximum absolute atomic E-state index is 12.3. The van der Waals surface area contributed by atoms with Gasteiger partial charge in [0, 0.05) is 23.7 Å². The van der Waals surface area contributed by atoms with Crippen molar-refractivity contribution in [2.75, 3.05) is 11.9 Å². The fraction of sp³-hybridized carbons (Fsp3) is 0.286. The van der Waals surface area contributed by atoms with E-state index in [2.05, 4.69) is 15.5 Å². The standard InChI is InChI=1S/C21H23ClN4O2S/c1-2-26-20(23-19(27)13-8-14-28-17-10-4-3-5-11-17)24-25-21(26)29-15-16-9-6-7-12-18(16)22/h3-7,9-12H,2,8,13-15H2,1H3,(H,23,24,27). The highest BCUT2D eigenvalue weighted by molar-refractivity contribution is 7.98. The zero-order valence-corrected chi connectivity index (χ0v) is 17.7. The average molecular weight is 431 g/mol. The molecule has 0 fully saturated rings. The Morgan fingerprint density at radius 2 is 1.90 bits per heavy atom. The number of nitrogens with zero attached hydrogens (tertiary/aromatic N) is 3. The van der Waals surface area contributed by atoms with Gasteiger partial charge in [0.2, 0.25) is 11.9 Å². The Bertz CT molecular complexity index is 933. The summed E-state index contributed by atoms with van der Waals surface area (Å²) in [4.78, 5) is 12.3. The van der Waals surface area contributed by atoms with Gasteiger partial charge in [-0.3, -0.25) is 14.7 Å². The first-order chi connectivity index (χ1) is 14.2. The summed E-state index contributed by atoms with van der Waals surface area (Å²) in [6.07, 6.45) is 0.973. The van der Waals surface area contributed by atoms with Crippen LogP contribution >= 0.6 is 23.4 Å². The number of ether oxygens (including phenoxy) is 1. The molecule has 8 heteroatoms. The highest BCUT2D eigenvalue weighted by Gasteiger charge is 2.14. The number of aromatic nitrogens is 3. The molecule has 0 spiro atoms. The third kappa shape index (κ3) is 6.24. The number of halogens is 1. The maximum atomic E-state index is 12.3. The largest absolute Gasteiger partial charge is 0.494 e. The van der Waals surface area contributed by atoms with E-state index in [1.54, 1.807) is 0 Å². The van der Waals surface area contributed by atoms with Gasteiger partial charge < -0.3 is 4.74 Å². The summed E-state index contributed by atoms with van der Waals surface area (Å²) in [5, 5.41) is 12.7. The van der Waals surface area contributed by atoms with Gasteiger partial charge in [0.1, 0.15) is 5.75 Å². The van der Waals surface area contributed by atoms with E-state index >= 15 is 0 Å². The minimum atomic E-state index is -0.105. The van der Waals surface area contributed by atoms with Crippen LogP contribution in [0.2, 0.25) is 5.02 Å². The van der Waals surface area contributed by atoms with Crippen molar-refractivity contribution in [3.8, 4) is 5.75 Å². The molecule has 0 aliphatic rings. The van der Waals surface area contributed by atoms with Crippen LogP contribution in [0, 0.1) is 0 Å². The van der Waals surface area contributed by atoms with Crippen LogP contribution in [0.5, 0.6) is 5.75 Å². The van der Waals surface area contributed by atoms with E-state index in [1.165, 1.54) is 11.8 Å². The topological polar surface area (TPSA) is 69.0 Å². The number of rotatable bonds is 10. The predicted octanol–water partition coefficient (Wildman–Crippen LogP) is 5.04. The van der Waals surface area contributed by atoms with Crippen LogP contribution in [-0.2, 0) is 17.1 Å². The summed E-state index contributed by atoms with van der Waals surface area (Å²) in [6, 6.07) is 17.3. The van der Waals surface area contributed by atoms with Crippen molar-refractivity contribution in [2.45, 2.75) is 37.2 Å². The molecule has 3 aromatic rings. The monoisotopic (exact) mass is 430 g/mol. The van der Waals surface area contributed by atoms with Gasteiger partial charge in [-0.2, -0.15) is 0 Å². The van der Waals surface area contributed by atoms with Crippen LogP contribution in [-0.4, -0.2) is 27.3 Å². The molecule has 3 rings (SSSR count). The second kappa shape index (κ2) is 10.9. The molecule has 0 bridgehead atoms. The number of hydrogen-bond acceptors (Lipinski definition) is 5.